The lowest BCUT2D eigenvalue weighted by Crippen LogP contribution is -2.42. The number of anilines is 1. The molecule has 3 N–H and O–H groups in total. The van der Waals surface area contributed by atoms with E-state index in [1.807, 2.05) is 0 Å². The zero-order valence-corrected chi connectivity index (χ0v) is 13.9. The van der Waals surface area contributed by atoms with Crippen molar-refractivity contribution in [3.63, 3.8) is 0 Å². The highest BCUT2D eigenvalue weighted by Crippen LogP contribution is 2.25. The Kier molecular flexibility index (Phi) is 4.93. The topological polar surface area (TPSA) is 95.6 Å². The molecule has 0 aromatic carbocycles. The van der Waals surface area contributed by atoms with Gasteiger partial charge in [-0.05, 0) is 19.1 Å². The molecule has 27 heavy (non-hydrogen) atoms. The lowest BCUT2D eigenvalue weighted by atomic mass is 10.2. The summed E-state index contributed by atoms with van der Waals surface area (Å²) in [5.74, 6) is -1.90. The summed E-state index contributed by atoms with van der Waals surface area (Å²) in [5.41, 5.74) is 1.17. The van der Waals surface area contributed by atoms with Crippen LogP contribution in [0.2, 0.25) is 0 Å². The van der Waals surface area contributed by atoms with Crippen LogP contribution in [-0.2, 0) is 4.79 Å². The molecule has 0 fully saturated rings. The molecule has 3 heterocycles. The molecule has 7 nitrogen and oxygen atoms in total. The third-order valence-electron chi connectivity index (χ3n) is 3.65. The summed E-state index contributed by atoms with van der Waals surface area (Å²) in [6.07, 6.45) is -0.409. The van der Waals surface area contributed by atoms with Crippen molar-refractivity contribution in [3.8, 4) is 11.4 Å². The van der Waals surface area contributed by atoms with Crippen LogP contribution in [0.1, 0.15) is 6.92 Å². The normalized spacial score (nSPS) is 12.8. The highest BCUT2D eigenvalue weighted by atomic mass is 19.4. The van der Waals surface area contributed by atoms with Crippen molar-refractivity contribution < 1.29 is 22.4 Å². The van der Waals surface area contributed by atoms with Crippen molar-refractivity contribution in [2.75, 3.05) is 11.9 Å². The van der Waals surface area contributed by atoms with Gasteiger partial charge in [-0.2, -0.15) is 13.2 Å². The molecule has 3 aromatic rings. The van der Waals surface area contributed by atoms with Gasteiger partial charge < -0.3 is 15.6 Å². The number of pyridine rings is 1. The van der Waals surface area contributed by atoms with Gasteiger partial charge in [-0.25, -0.2) is 19.3 Å². The SMILES string of the molecule is C[C@H](Nc1nc(-c2ccnc3[nH]ccc23)ncc1F)C(=O)NCC(F)(F)F. The van der Waals surface area contributed by atoms with Crippen LogP contribution < -0.4 is 10.6 Å². The molecule has 0 saturated carbocycles. The first kappa shape index (κ1) is 18.5. The molecule has 0 saturated heterocycles. The predicted molar refractivity (Wildman–Crippen MR) is 89.2 cm³/mol. The minimum Gasteiger partial charge on any atom is -0.356 e. The number of nitrogens with zero attached hydrogens (tertiary/aromatic N) is 3. The van der Waals surface area contributed by atoms with Crippen molar-refractivity contribution in [1.29, 1.82) is 0 Å². The van der Waals surface area contributed by atoms with E-state index in [1.54, 1.807) is 23.6 Å². The number of carbonyl (C=O) groups is 1. The van der Waals surface area contributed by atoms with Crippen molar-refractivity contribution in [3.05, 3.63) is 36.5 Å². The molecule has 0 spiro atoms. The zero-order valence-electron chi connectivity index (χ0n) is 13.9. The lowest BCUT2D eigenvalue weighted by molar-refractivity contribution is -0.138. The second kappa shape index (κ2) is 7.17. The van der Waals surface area contributed by atoms with Gasteiger partial charge in [0.05, 0.1) is 6.20 Å². The highest BCUT2D eigenvalue weighted by Gasteiger charge is 2.29. The summed E-state index contributed by atoms with van der Waals surface area (Å²) in [6.45, 7) is -0.179. The van der Waals surface area contributed by atoms with Crippen LogP contribution in [0.3, 0.4) is 0 Å². The first-order chi connectivity index (χ1) is 12.7. The van der Waals surface area contributed by atoms with Crippen molar-refractivity contribution in [1.82, 2.24) is 25.3 Å². The molecule has 11 heteroatoms. The van der Waals surface area contributed by atoms with Gasteiger partial charge in [0.1, 0.15) is 18.2 Å². The largest absolute Gasteiger partial charge is 0.405 e. The Morgan fingerprint density at radius 3 is 2.81 bits per heavy atom. The minimum absolute atomic E-state index is 0.175. The van der Waals surface area contributed by atoms with E-state index in [0.717, 1.165) is 6.20 Å². The number of aromatic nitrogens is 4. The molecular formula is C16H14F4N6O. The van der Waals surface area contributed by atoms with E-state index >= 15 is 0 Å². The Balaban J connectivity index is 1.82. The summed E-state index contributed by atoms with van der Waals surface area (Å²) in [7, 11) is 0. The molecular weight excluding hydrogens is 368 g/mol. The van der Waals surface area contributed by atoms with Crippen LogP contribution >= 0.6 is 0 Å². The number of rotatable bonds is 5. The third-order valence-corrected chi connectivity index (χ3v) is 3.65. The number of halogens is 4. The molecule has 142 valence electrons. The molecule has 1 atom stereocenters. The van der Waals surface area contributed by atoms with E-state index < -0.39 is 30.5 Å². The Hall–Kier alpha value is -3.24. The Labute approximate surface area is 150 Å². The molecule has 1 amide bonds. The van der Waals surface area contributed by atoms with E-state index in [9.17, 15) is 22.4 Å². The van der Waals surface area contributed by atoms with Crippen LogP contribution in [-0.4, -0.2) is 44.6 Å². The van der Waals surface area contributed by atoms with Gasteiger partial charge in [-0.3, -0.25) is 4.79 Å². The number of carbonyl (C=O) groups excluding carboxylic acids is 1. The molecule has 3 aromatic heterocycles. The smallest absolute Gasteiger partial charge is 0.356 e. The van der Waals surface area contributed by atoms with Crippen molar-refractivity contribution in [2.45, 2.75) is 19.1 Å². The van der Waals surface area contributed by atoms with E-state index in [4.69, 9.17) is 0 Å². The number of amides is 1. The predicted octanol–water partition coefficient (Wildman–Crippen LogP) is 2.64. The average Bonchev–Trinajstić information content (AvgIpc) is 3.09. The maximum Gasteiger partial charge on any atom is 0.405 e. The third kappa shape index (κ3) is 4.30. The number of aromatic amines is 1. The quantitative estimate of drug-likeness (QED) is 0.590. The number of hydrogen-bond acceptors (Lipinski definition) is 5. The second-order valence-electron chi connectivity index (χ2n) is 5.69. The van der Waals surface area contributed by atoms with Crippen molar-refractivity contribution >= 4 is 22.8 Å². The monoisotopic (exact) mass is 382 g/mol. The molecule has 0 radical (unpaired) electrons. The number of nitrogens with one attached hydrogen (secondary N) is 3. The fraction of sp³-hybridized carbons (Fsp3) is 0.250. The maximum absolute atomic E-state index is 14.0. The first-order valence-corrected chi connectivity index (χ1v) is 7.80. The van der Waals surface area contributed by atoms with Crippen LogP contribution in [0.4, 0.5) is 23.4 Å². The van der Waals surface area contributed by atoms with Crippen LogP contribution in [0.5, 0.6) is 0 Å². The summed E-state index contributed by atoms with van der Waals surface area (Å²) < 4.78 is 50.6. The molecule has 0 bridgehead atoms. The Bertz CT molecular complexity index is 971. The first-order valence-electron chi connectivity index (χ1n) is 7.80. The van der Waals surface area contributed by atoms with Gasteiger partial charge in [-0.1, -0.05) is 0 Å². The van der Waals surface area contributed by atoms with Gasteiger partial charge in [-0.15, -0.1) is 0 Å². The molecule has 0 unspecified atom stereocenters. The van der Waals surface area contributed by atoms with E-state index in [2.05, 4.69) is 25.3 Å². The van der Waals surface area contributed by atoms with E-state index in [1.165, 1.54) is 13.1 Å². The van der Waals surface area contributed by atoms with Gasteiger partial charge in [0.25, 0.3) is 0 Å². The average molecular weight is 382 g/mol. The van der Waals surface area contributed by atoms with Gasteiger partial charge >= 0.3 is 6.18 Å². The van der Waals surface area contributed by atoms with E-state index in [-0.39, 0.29) is 11.6 Å². The summed E-state index contributed by atoms with van der Waals surface area (Å²) >= 11 is 0. The number of alkyl halides is 3. The van der Waals surface area contributed by atoms with Gasteiger partial charge in [0, 0.05) is 23.3 Å². The Morgan fingerprint density at radius 2 is 2.07 bits per heavy atom. The molecule has 3 rings (SSSR count). The molecule has 0 aliphatic heterocycles. The number of H-pyrrole nitrogens is 1. The van der Waals surface area contributed by atoms with Crippen molar-refractivity contribution in [2.24, 2.45) is 0 Å². The van der Waals surface area contributed by atoms with Crippen LogP contribution in [0.15, 0.2) is 30.7 Å². The lowest BCUT2D eigenvalue weighted by Gasteiger charge is -2.16. The molecule has 0 aliphatic rings. The summed E-state index contributed by atoms with van der Waals surface area (Å²) in [6, 6.07) is 2.26. The number of fused-ring (bicyclic) bond motifs is 1. The zero-order chi connectivity index (χ0) is 19.6. The fourth-order valence-corrected chi connectivity index (χ4v) is 2.37. The number of hydrogen-bond donors (Lipinski definition) is 3. The minimum atomic E-state index is -4.54. The maximum atomic E-state index is 14.0. The highest BCUT2D eigenvalue weighted by molar-refractivity contribution is 5.91. The van der Waals surface area contributed by atoms with Gasteiger partial charge in [0.15, 0.2) is 17.5 Å². The van der Waals surface area contributed by atoms with Crippen LogP contribution in [0, 0.1) is 5.82 Å². The summed E-state index contributed by atoms with van der Waals surface area (Å²) in [5, 5.41) is 4.91. The second-order valence-corrected chi connectivity index (χ2v) is 5.69. The van der Waals surface area contributed by atoms with Gasteiger partial charge in [0.2, 0.25) is 5.91 Å². The standard InChI is InChI=1S/C16H14F4N6O/c1-8(15(27)24-7-16(18,19)20)25-14-11(17)6-23-13(26-14)10-3-5-22-12-9(10)2-4-21-12/h2-6,8H,7H2,1H3,(H,21,22)(H,24,27)(H,23,25,26)/t8-/m0/s1. The van der Waals surface area contributed by atoms with E-state index in [0.29, 0.717) is 16.6 Å². The van der Waals surface area contributed by atoms with Crippen LogP contribution in [0.25, 0.3) is 22.4 Å². The fourth-order valence-electron chi connectivity index (χ4n) is 2.37. The molecule has 0 aliphatic carbocycles. The Morgan fingerprint density at radius 1 is 1.30 bits per heavy atom. The summed E-state index contributed by atoms with van der Waals surface area (Å²) in [4.78, 5) is 26.8.